The van der Waals surface area contributed by atoms with Crippen molar-refractivity contribution in [3.63, 3.8) is 0 Å². The van der Waals surface area contributed by atoms with Crippen molar-refractivity contribution in [2.45, 2.75) is 58.6 Å². The lowest BCUT2D eigenvalue weighted by atomic mass is 9.86. The summed E-state index contributed by atoms with van der Waals surface area (Å²) in [4.78, 5) is 10.6. The van der Waals surface area contributed by atoms with E-state index in [2.05, 4.69) is 27.7 Å². The molecule has 194 valence electrons. The van der Waals surface area contributed by atoms with Gasteiger partial charge in [-0.15, -0.1) is 0 Å². The van der Waals surface area contributed by atoms with Gasteiger partial charge in [-0.05, 0) is 54.5 Å². The molecule has 2 aromatic rings. The number of aliphatic hydroxyl groups excluding tert-OH is 1. The number of rotatable bonds is 9. The van der Waals surface area contributed by atoms with Crippen LogP contribution in [0, 0.1) is 16.0 Å². The van der Waals surface area contributed by atoms with Crippen LogP contribution in [0.25, 0.3) is 0 Å². The molecule has 0 radical (unpaired) electrons. The second kappa shape index (κ2) is 12.1. The monoisotopic (exact) mass is 506 g/mol. The zero-order valence-electron chi connectivity index (χ0n) is 21.5. The first-order valence-electron chi connectivity index (χ1n) is 12.1. The smallest absolute Gasteiger partial charge is 0.269 e. The molecule has 0 aromatic heterocycles. The summed E-state index contributed by atoms with van der Waals surface area (Å²) < 4.78 is 12.3. The minimum absolute atomic E-state index is 0. The van der Waals surface area contributed by atoms with Crippen LogP contribution in [-0.4, -0.2) is 54.0 Å². The Morgan fingerprint density at radius 1 is 1.14 bits per heavy atom. The molecule has 1 saturated heterocycles. The SMILES string of the molecule is COc1ccc(OCC(O)C[N+]2(Cc3ccc([N+](=O)[O-])cc3)CCC(C)CC2)c(C(C)(C)C)c1.[Cl-]. The number of quaternary nitrogens is 1. The number of nitro benzene ring substituents is 1. The second-order valence-corrected chi connectivity index (χ2v) is 10.8. The van der Waals surface area contributed by atoms with Gasteiger partial charge in [0.05, 0.1) is 25.1 Å². The molecular formula is C27H39ClN2O5. The average Bonchev–Trinajstić information content (AvgIpc) is 2.79. The number of methoxy groups -OCH3 is 1. The molecule has 0 aliphatic carbocycles. The van der Waals surface area contributed by atoms with Gasteiger partial charge in [0.25, 0.3) is 5.69 Å². The zero-order chi connectivity index (χ0) is 24.9. The number of hydrogen-bond donors (Lipinski definition) is 1. The molecule has 35 heavy (non-hydrogen) atoms. The van der Waals surface area contributed by atoms with Crippen molar-refractivity contribution in [3.8, 4) is 11.5 Å². The fraction of sp³-hybridized carbons (Fsp3) is 0.556. The summed E-state index contributed by atoms with van der Waals surface area (Å²) in [7, 11) is 1.65. The number of non-ortho nitro benzene ring substituents is 1. The van der Waals surface area contributed by atoms with Gasteiger partial charge in [0.15, 0.2) is 0 Å². The van der Waals surface area contributed by atoms with Crippen molar-refractivity contribution >= 4 is 5.69 Å². The molecule has 0 saturated carbocycles. The van der Waals surface area contributed by atoms with Crippen LogP contribution < -0.4 is 21.9 Å². The summed E-state index contributed by atoms with van der Waals surface area (Å²) in [6.07, 6.45) is 1.59. The van der Waals surface area contributed by atoms with E-state index in [4.69, 9.17) is 9.47 Å². The van der Waals surface area contributed by atoms with Gasteiger partial charge in [0, 0.05) is 23.3 Å². The van der Waals surface area contributed by atoms with E-state index in [1.807, 2.05) is 30.3 Å². The van der Waals surface area contributed by atoms with Crippen molar-refractivity contribution in [2.24, 2.45) is 5.92 Å². The molecule has 1 aliphatic heterocycles. The molecule has 7 nitrogen and oxygen atoms in total. The maximum atomic E-state index is 11.0. The van der Waals surface area contributed by atoms with Crippen molar-refractivity contribution in [1.29, 1.82) is 0 Å². The number of nitro groups is 1. The highest BCUT2D eigenvalue weighted by molar-refractivity contribution is 5.44. The molecule has 8 heteroatoms. The zero-order valence-corrected chi connectivity index (χ0v) is 22.3. The van der Waals surface area contributed by atoms with Crippen LogP contribution in [-0.2, 0) is 12.0 Å². The number of halogens is 1. The molecule has 1 N–H and O–H groups in total. The molecular weight excluding hydrogens is 468 g/mol. The molecule has 0 bridgehead atoms. The third-order valence-electron chi connectivity index (χ3n) is 6.88. The quantitative estimate of drug-likeness (QED) is 0.320. The normalized spacial score (nSPS) is 21.0. The highest BCUT2D eigenvalue weighted by atomic mass is 35.5. The van der Waals surface area contributed by atoms with Gasteiger partial charge in [0.2, 0.25) is 0 Å². The summed E-state index contributed by atoms with van der Waals surface area (Å²) in [6, 6.07) is 12.6. The highest BCUT2D eigenvalue weighted by Crippen LogP contribution is 2.34. The Morgan fingerprint density at radius 2 is 1.77 bits per heavy atom. The molecule has 1 atom stereocenters. The first-order chi connectivity index (χ1) is 16.0. The lowest BCUT2D eigenvalue weighted by Crippen LogP contribution is -3.00. The van der Waals surface area contributed by atoms with E-state index in [1.54, 1.807) is 19.2 Å². The molecule has 2 aromatic carbocycles. The van der Waals surface area contributed by atoms with Crippen LogP contribution in [0.1, 0.15) is 51.7 Å². The molecule has 0 spiro atoms. The van der Waals surface area contributed by atoms with Crippen LogP contribution in [0.15, 0.2) is 42.5 Å². The first-order valence-corrected chi connectivity index (χ1v) is 12.1. The fourth-order valence-corrected chi connectivity index (χ4v) is 4.79. The maximum absolute atomic E-state index is 11.0. The molecule has 0 amide bonds. The number of hydrogen-bond acceptors (Lipinski definition) is 5. The Balaban J connectivity index is 0.00000432. The third-order valence-corrected chi connectivity index (χ3v) is 6.88. The Hall–Kier alpha value is -2.35. The number of piperidine rings is 1. The number of likely N-dealkylation sites (tertiary alicyclic amines) is 1. The lowest BCUT2D eigenvalue weighted by molar-refractivity contribution is -0.948. The van der Waals surface area contributed by atoms with Crippen LogP contribution in [0.3, 0.4) is 0 Å². The number of benzene rings is 2. The predicted octanol–water partition coefficient (Wildman–Crippen LogP) is 2.09. The number of aliphatic hydroxyl groups is 1. The van der Waals surface area contributed by atoms with E-state index >= 15 is 0 Å². The molecule has 3 rings (SSSR count). The third kappa shape index (κ3) is 7.82. The van der Waals surface area contributed by atoms with Gasteiger partial charge in [-0.1, -0.05) is 27.7 Å². The van der Waals surface area contributed by atoms with E-state index in [0.29, 0.717) is 12.5 Å². The van der Waals surface area contributed by atoms with Crippen molar-refractivity contribution < 1.29 is 36.4 Å². The van der Waals surface area contributed by atoms with Gasteiger partial charge >= 0.3 is 0 Å². The summed E-state index contributed by atoms with van der Waals surface area (Å²) in [5, 5.41) is 22.0. The van der Waals surface area contributed by atoms with Gasteiger partial charge < -0.3 is 31.5 Å². The summed E-state index contributed by atoms with van der Waals surface area (Å²) >= 11 is 0. The minimum atomic E-state index is -0.624. The Kier molecular flexibility index (Phi) is 9.95. The van der Waals surface area contributed by atoms with Crippen LogP contribution in [0.5, 0.6) is 11.5 Å². The summed E-state index contributed by atoms with van der Waals surface area (Å²) in [6.45, 7) is 12.2. The fourth-order valence-electron chi connectivity index (χ4n) is 4.79. The Labute approximate surface area is 215 Å². The summed E-state index contributed by atoms with van der Waals surface area (Å²) in [5.74, 6) is 2.22. The largest absolute Gasteiger partial charge is 1.00 e. The highest BCUT2D eigenvalue weighted by Gasteiger charge is 2.35. The van der Waals surface area contributed by atoms with Crippen molar-refractivity contribution in [1.82, 2.24) is 0 Å². The van der Waals surface area contributed by atoms with Crippen molar-refractivity contribution in [2.75, 3.05) is 33.4 Å². The van der Waals surface area contributed by atoms with Gasteiger partial charge in [-0.2, -0.15) is 0 Å². The summed E-state index contributed by atoms with van der Waals surface area (Å²) in [5.41, 5.74) is 2.07. The predicted molar refractivity (Wildman–Crippen MR) is 133 cm³/mol. The van der Waals surface area contributed by atoms with E-state index in [9.17, 15) is 15.2 Å². The Bertz CT molecular complexity index is 967. The molecule has 1 unspecified atom stereocenters. The molecule has 1 heterocycles. The van der Waals surface area contributed by atoms with Crippen LogP contribution >= 0.6 is 0 Å². The molecule has 1 aliphatic rings. The van der Waals surface area contributed by atoms with E-state index in [-0.39, 0.29) is 35.0 Å². The minimum Gasteiger partial charge on any atom is -1.00 e. The second-order valence-electron chi connectivity index (χ2n) is 10.8. The Morgan fingerprint density at radius 3 is 2.31 bits per heavy atom. The standard InChI is InChI=1S/C27H39N2O5.ClH/c1-20-12-14-29(15-13-20,17-21-6-8-22(9-7-21)28(31)32)18-23(30)19-34-26-11-10-24(33-5)16-25(26)27(2,3)4;/h6-11,16,20,23,30H,12-15,17-19H2,1-5H3;1H/q+1;/p-1. The van der Waals surface area contributed by atoms with Gasteiger partial charge in [0.1, 0.15) is 37.3 Å². The van der Waals surface area contributed by atoms with Crippen LogP contribution in [0.4, 0.5) is 5.69 Å². The average molecular weight is 507 g/mol. The van der Waals surface area contributed by atoms with Gasteiger partial charge in [-0.25, -0.2) is 0 Å². The van der Waals surface area contributed by atoms with Gasteiger partial charge in [-0.3, -0.25) is 10.1 Å². The lowest BCUT2D eigenvalue weighted by Gasteiger charge is -2.44. The van der Waals surface area contributed by atoms with Crippen LogP contribution in [0.2, 0.25) is 0 Å². The maximum Gasteiger partial charge on any atom is 0.269 e. The van der Waals surface area contributed by atoms with E-state index in [0.717, 1.165) is 59.6 Å². The topological polar surface area (TPSA) is 81.8 Å². The van der Waals surface area contributed by atoms with E-state index in [1.165, 1.54) is 0 Å². The number of ether oxygens (including phenoxy) is 2. The van der Waals surface area contributed by atoms with Crippen molar-refractivity contribution in [3.05, 3.63) is 63.7 Å². The number of nitrogens with zero attached hydrogens (tertiary/aromatic N) is 2. The molecule has 1 fully saturated rings. The van der Waals surface area contributed by atoms with E-state index < -0.39 is 6.10 Å². The first kappa shape index (κ1) is 28.9.